The van der Waals surface area contributed by atoms with Crippen LogP contribution < -0.4 is 0 Å². The molecule has 0 amide bonds. The van der Waals surface area contributed by atoms with Crippen LogP contribution in [-0.2, 0) is 20.4 Å². The minimum absolute atomic E-state index is 0.0936. The summed E-state index contributed by atoms with van der Waals surface area (Å²) < 4.78 is 17.7. The van der Waals surface area contributed by atoms with Crippen molar-refractivity contribution in [3.63, 3.8) is 0 Å². The highest BCUT2D eigenvalue weighted by atomic mass is 28.4. The van der Waals surface area contributed by atoms with Crippen molar-refractivity contribution in [3.05, 3.63) is 35.9 Å². The van der Waals surface area contributed by atoms with E-state index in [9.17, 15) is 4.79 Å². The quantitative estimate of drug-likeness (QED) is 0.495. The van der Waals surface area contributed by atoms with E-state index in [-0.39, 0.29) is 17.2 Å². The molecular weight excluding hydrogens is 370 g/mol. The summed E-state index contributed by atoms with van der Waals surface area (Å²) in [7, 11) is -1.99. The minimum Gasteiger partial charge on any atom is -0.429 e. The average molecular weight is 408 g/mol. The van der Waals surface area contributed by atoms with Crippen molar-refractivity contribution in [2.75, 3.05) is 13.1 Å². The molecule has 1 heterocycles. The lowest BCUT2D eigenvalue weighted by Gasteiger charge is -2.39. The molecule has 1 saturated heterocycles. The van der Waals surface area contributed by atoms with E-state index < -0.39 is 20.1 Å². The van der Waals surface area contributed by atoms with Gasteiger partial charge >= 0.3 is 6.16 Å². The molecule has 5 nitrogen and oxygen atoms in total. The van der Waals surface area contributed by atoms with Gasteiger partial charge in [0.1, 0.15) is 11.7 Å². The Labute approximate surface area is 171 Å². The Hall–Kier alpha value is -1.37. The Bertz CT molecular complexity index is 649. The van der Waals surface area contributed by atoms with E-state index in [0.717, 1.165) is 13.1 Å². The van der Waals surface area contributed by atoms with Crippen LogP contribution in [0.15, 0.2) is 30.3 Å². The monoisotopic (exact) mass is 407 g/mol. The molecule has 1 aromatic rings. The maximum atomic E-state index is 12.3. The zero-order valence-electron chi connectivity index (χ0n) is 18.7. The van der Waals surface area contributed by atoms with Crippen LogP contribution in [0, 0.1) is 0 Å². The zero-order chi connectivity index (χ0) is 21.2. The third-order valence-corrected chi connectivity index (χ3v) is 9.93. The summed E-state index contributed by atoms with van der Waals surface area (Å²) in [6, 6.07) is 10.3. The van der Waals surface area contributed by atoms with Gasteiger partial charge in [0, 0.05) is 19.6 Å². The van der Waals surface area contributed by atoms with Gasteiger partial charge in [0.25, 0.3) is 0 Å². The molecule has 28 heavy (non-hydrogen) atoms. The van der Waals surface area contributed by atoms with Crippen LogP contribution in [0.4, 0.5) is 4.79 Å². The number of likely N-dealkylation sites (tertiary alicyclic amines) is 1. The highest BCUT2D eigenvalue weighted by Gasteiger charge is 2.45. The van der Waals surface area contributed by atoms with Gasteiger partial charge in [-0.25, -0.2) is 4.79 Å². The molecule has 0 unspecified atom stereocenters. The maximum absolute atomic E-state index is 12.3. The minimum atomic E-state index is -1.99. The second-order valence-corrected chi connectivity index (χ2v) is 15.0. The fourth-order valence-electron chi connectivity index (χ4n) is 2.97. The van der Waals surface area contributed by atoms with E-state index >= 15 is 0 Å². The molecule has 0 N–H and O–H groups in total. The largest absolute Gasteiger partial charge is 0.509 e. The molecule has 1 aliphatic rings. The molecular formula is C22H37NO4Si. The van der Waals surface area contributed by atoms with E-state index in [0.29, 0.717) is 6.54 Å². The van der Waals surface area contributed by atoms with Crippen LogP contribution in [-0.4, -0.2) is 50.3 Å². The van der Waals surface area contributed by atoms with Gasteiger partial charge in [-0.3, -0.25) is 4.90 Å². The van der Waals surface area contributed by atoms with Crippen molar-refractivity contribution >= 4 is 14.5 Å². The molecule has 158 valence electrons. The lowest BCUT2D eigenvalue weighted by atomic mass is 10.2. The van der Waals surface area contributed by atoms with Gasteiger partial charge in [-0.1, -0.05) is 51.1 Å². The Kier molecular flexibility index (Phi) is 7.00. The second kappa shape index (κ2) is 8.55. The first-order valence-electron chi connectivity index (χ1n) is 10.1. The van der Waals surface area contributed by atoms with E-state index in [1.807, 2.05) is 39.0 Å². The Morgan fingerprint density at radius 3 is 2.14 bits per heavy atom. The van der Waals surface area contributed by atoms with E-state index in [2.05, 4.69) is 50.9 Å². The van der Waals surface area contributed by atoms with Crippen LogP contribution in [0.25, 0.3) is 0 Å². The molecule has 0 saturated carbocycles. The van der Waals surface area contributed by atoms with Gasteiger partial charge in [0.05, 0.1) is 6.10 Å². The van der Waals surface area contributed by atoms with E-state index in [1.54, 1.807) is 0 Å². The van der Waals surface area contributed by atoms with Crippen molar-refractivity contribution in [3.8, 4) is 0 Å². The van der Waals surface area contributed by atoms with Crippen LogP contribution in [0.5, 0.6) is 0 Å². The summed E-state index contributed by atoms with van der Waals surface area (Å²) in [4.78, 5) is 14.6. The first kappa shape index (κ1) is 22.9. The van der Waals surface area contributed by atoms with Gasteiger partial charge in [-0.15, -0.1) is 0 Å². The zero-order valence-corrected chi connectivity index (χ0v) is 19.7. The molecule has 1 fully saturated rings. The van der Waals surface area contributed by atoms with Crippen molar-refractivity contribution in [2.24, 2.45) is 0 Å². The Morgan fingerprint density at radius 1 is 1.04 bits per heavy atom. The average Bonchev–Trinajstić information content (AvgIpc) is 2.85. The summed E-state index contributed by atoms with van der Waals surface area (Å²) in [5.74, 6) is 0. The Morgan fingerprint density at radius 2 is 1.61 bits per heavy atom. The predicted molar refractivity (Wildman–Crippen MR) is 115 cm³/mol. The number of rotatable bonds is 5. The first-order valence-corrected chi connectivity index (χ1v) is 13.0. The third kappa shape index (κ3) is 6.60. The number of nitrogens with zero attached hydrogens (tertiary/aromatic N) is 1. The number of carbonyl (C=O) groups excluding carboxylic acids is 1. The van der Waals surface area contributed by atoms with E-state index in [4.69, 9.17) is 13.9 Å². The maximum Gasteiger partial charge on any atom is 0.509 e. The molecule has 0 radical (unpaired) electrons. The molecule has 0 aromatic heterocycles. The number of benzene rings is 1. The smallest absolute Gasteiger partial charge is 0.429 e. The van der Waals surface area contributed by atoms with Gasteiger partial charge in [0.2, 0.25) is 0 Å². The first-order chi connectivity index (χ1) is 12.8. The van der Waals surface area contributed by atoms with Gasteiger partial charge < -0.3 is 13.9 Å². The fraction of sp³-hybridized carbons (Fsp3) is 0.682. The number of ether oxygens (including phenoxy) is 2. The van der Waals surface area contributed by atoms with Gasteiger partial charge in [0.15, 0.2) is 8.32 Å². The van der Waals surface area contributed by atoms with Crippen LogP contribution in [0.2, 0.25) is 18.1 Å². The van der Waals surface area contributed by atoms with Crippen LogP contribution >= 0.6 is 0 Å². The number of hydrogen-bond donors (Lipinski definition) is 0. The number of carbonyl (C=O) groups is 1. The molecule has 2 atom stereocenters. The standard InChI is InChI=1S/C22H37NO4Si/c1-21(2,3)26-20(24)25-18-15-23(14-17-12-10-9-11-13-17)16-19(18)27-28(7,8)22(4,5)6/h9-13,18-19H,14-16H2,1-8H3/t18-,19-/m1/s1. The molecule has 1 aromatic carbocycles. The third-order valence-electron chi connectivity index (χ3n) is 5.43. The fourth-order valence-corrected chi connectivity index (χ4v) is 4.31. The van der Waals surface area contributed by atoms with Gasteiger partial charge in [-0.05, 0) is 44.5 Å². The van der Waals surface area contributed by atoms with Crippen molar-refractivity contribution in [2.45, 2.75) is 84.0 Å². The van der Waals surface area contributed by atoms with Crippen molar-refractivity contribution < 1.29 is 18.7 Å². The molecule has 2 rings (SSSR count). The highest BCUT2D eigenvalue weighted by molar-refractivity contribution is 6.74. The summed E-state index contributed by atoms with van der Waals surface area (Å²) in [6.07, 6.45) is -1.09. The van der Waals surface area contributed by atoms with Gasteiger partial charge in [-0.2, -0.15) is 0 Å². The molecule has 6 heteroatoms. The van der Waals surface area contributed by atoms with E-state index in [1.165, 1.54) is 5.56 Å². The summed E-state index contributed by atoms with van der Waals surface area (Å²) in [5.41, 5.74) is 0.668. The molecule has 0 spiro atoms. The second-order valence-electron chi connectivity index (χ2n) is 10.2. The normalized spacial score (nSPS) is 21.6. The SMILES string of the molecule is CC(C)(C)OC(=O)O[C@@H]1CN(Cc2ccccc2)C[C@H]1O[Si](C)(C)C(C)(C)C. The van der Waals surface area contributed by atoms with Crippen LogP contribution in [0.1, 0.15) is 47.1 Å². The lowest BCUT2D eigenvalue weighted by Crippen LogP contribution is -2.47. The summed E-state index contributed by atoms with van der Waals surface area (Å²) >= 11 is 0. The van der Waals surface area contributed by atoms with Crippen LogP contribution in [0.3, 0.4) is 0 Å². The number of hydrogen-bond acceptors (Lipinski definition) is 5. The van der Waals surface area contributed by atoms with Crippen molar-refractivity contribution in [1.82, 2.24) is 4.90 Å². The van der Waals surface area contributed by atoms with Crippen molar-refractivity contribution in [1.29, 1.82) is 0 Å². The lowest BCUT2D eigenvalue weighted by molar-refractivity contribution is -0.0433. The predicted octanol–water partition coefficient (Wildman–Crippen LogP) is 5.21. The topological polar surface area (TPSA) is 48.0 Å². The Balaban J connectivity index is 2.11. The summed E-state index contributed by atoms with van der Waals surface area (Å²) in [6.45, 7) is 18.9. The highest BCUT2D eigenvalue weighted by Crippen LogP contribution is 2.38. The molecule has 1 aliphatic heterocycles. The molecule has 0 aliphatic carbocycles. The summed E-state index contributed by atoms with van der Waals surface area (Å²) in [5, 5.41) is 0.0936. The molecule has 0 bridgehead atoms.